The van der Waals surface area contributed by atoms with E-state index >= 15 is 0 Å². The Hall–Kier alpha value is -0.340. The molecule has 1 aromatic carbocycles. The maximum Gasteiger partial charge on any atom is 0.0309 e. The van der Waals surface area contributed by atoms with Crippen molar-refractivity contribution in [2.75, 3.05) is 0 Å². The van der Waals surface area contributed by atoms with Crippen LogP contribution in [0.5, 0.6) is 0 Å². The quantitative estimate of drug-likeness (QED) is 0.817. The molecule has 0 aromatic heterocycles. The number of hydrogen-bond donors (Lipinski definition) is 1. The lowest BCUT2D eigenvalue weighted by Crippen LogP contribution is -2.19. The molecule has 0 aliphatic heterocycles. The zero-order valence-electron chi connectivity index (χ0n) is 8.52. The number of nitrogens with two attached hydrogens (primary N) is 1. The van der Waals surface area contributed by atoms with Gasteiger partial charge in [0.05, 0.1) is 0 Å². The van der Waals surface area contributed by atoms with Gasteiger partial charge in [-0.25, -0.2) is 0 Å². The van der Waals surface area contributed by atoms with Crippen LogP contribution in [0.25, 0.3) is 0 Å². The molecule has 0 amide bonds. The third-order valence-corrected chi connectivity index (χ3v) is 3.79. The highest BCUT2D eigenvalue weighted by Crippen LogP contribution is 2.35. The van der Waals surface area contributed by atoms with Crippen LogP contribution in [-0.2, 0) is 12.8 Å². The van der Waals surface area contributed by atoms with Gasteiger partial charge in [0.1, 0.15) is 0 Å². The summed E-state index contributed by atoms with van der Waals surface area (Å²) in [5, 5.41) is 0. The van der Waals surface area contributed by atoms with Crippen molar-refractivity contribution in [3.63, 3.8) is 0 Å². The second-order valence-corrected chi connectivity index (χ2v) is 4.81. The Morgan fingerprint density at radius 3 is 3.00 bits per heavy atom. The first-order valence-corrected chi connectivity index (χ1v) is 6.09. The summed E-state index contributed by atoms with van der Waals surface area (Å²) in [7, 11) is 0. The van der Waals surface area contributed by atoms with Crippen molar-refractivity contribution in [2.24, 2.45) is 5.73 Å². The van der Waals surface area contributed by atoms with Gasteiger partial charge in [0.2, 0.25) is 0 Å². The minimum Gasteiger partial charge on any atom is -0.324 e. The van der Waals surface area contributed by atoms with E-state index < -0.39 is 0 Å². The van der Waals surface area contributed by atoms with Gasteiger partial charge >= 0.3 is 0 Å². The second-order valence-electron chi connectivity index (χ2n) is 3.95. The van der Waals surface area contributed by atoms with Crippen LogP contribution in [0.1, 0.15) is 42.5 Å². The van der Waals surface area contributed by atoms with E-state index in [4.69, 9.17) is 5.73 Å². The van der Waals surface area contributed by atoms with Gasteiger partial charge < -0.3 is 5.73 Å². The molecule has 0 radical (unpaired) electrons. The second kappa shape index (κ2) is 4.03. The Kier molecular flexibility index (Phi) is 2.93. The van der Waals surface area contributed by atoms with Gasteiger partial charge in [-0.2, -0.15) is 0 Å². The Labute approximate surface area is 93.8 Å². The molecule has 0 spiro atoms. The van der Waals surface area contributed by atoms with E-state index in [2.05, 4.69) is 35.0 Å². The van der Waals surface area contributed by atoms with Crippen LogP contribution in [0.2, 0.25) is 0 Å². The highest BCUT2D eigenvalue weighted by molar-refractivity contribution is 9.10. The summed E-state index contributed by atoms with van der Waals surface area (Å²) in [4.78, 5) is 0. The highest BCUT2D eigenvalue weighted by atomic mass is 79.9. The van der Waals surface area contributed by atoms with Crippen molar-refractivity contribution < 1.29 is 0 Å². The number of aryl methyl sites for hydroxylation is 1. The maximum atomic E-state index is 6.14. The fraction of sp³-hybridized carbons (Fsp3) is 0.500. The van der Waals surface area contributed by atoms with Crippen molar-refractivity contribution in [1.29, 1.82) is 0 Å². The lowest BCUT2D eigenvalue weighted by molar-refractivity contribution is 0.565. The van der Waals surface area contributed by atoms with E-state index in [9.17, 15) is 0 Å². The van der Waals surface area contributed by atoms with Gasteiger partial charge in [-0.05, 0) is 48.4 Å². The van der Waals surface area contributed by atoms with Gasteiger partial charge in [-0.3, -0.25) is 0 Å². The Morgan fingerprint density at radius 1 is 1.50 bits per heavy atom. The average Bonchev–Trinajstić information content (AvgIpc) is 2.18. The Balaban J connectivity index is 2.57. The van der Waals surface area contributed by atoms with Crippen LogP contribution in [0.3, 0.4) is 0 Å². The minimum atomic E-state index is 0.236. The number of benzene rings is 1. The number of rotatable bonds is 1. The molecule has 0 saturated heterocycles. The van der Waals surface area contributed by atoms with E-state index in [-0.39, 0.29) is 6.04 Å². The topological polar surface area (TPSA) is 26.0 Å². The summed E-state index contributed by atoms with van der Waals surface area (Å²) in [5.41, 5.74) is 10.5. The molecular formula is C12H16BrN. The molecule has 2 N–H and O–H groups in total. The summed E-state index contributed by atoms with van der Waals surface area (Å²) in [6.07, 6.45) is 4.67. The van der Waals surface area contributed by atoms with E-state index in [0.29, 0.717) is 0 Å². The molecule has 1 atom stereocenters. The first-order chi connectivity index (χ1) is 6.74. The van der Waals surface area contributed by atoms with E-state index in [1.165, 1.54) is 34.0 Å². The average molecular weight is 254 g/mol. The van der Waals surface area contributed by atoms with Crippen LogP contribution in [0.15, 0.2) is 16.6 Å². The van der Waals surface area contributed by atoms with Crippen LogP contribution in [0.4, 0.5) is 0 Å². The first-order valence-electron chi connectivity index (χ1n) is 5.29. The summed E-state index contributed by atoms with van der Waals surface area (Å²) < 4.78 is 1.19. The third-order valence-electron chi connectivity index (χ3n) is 3.09. The Morgan fingerprint density at radius 2 is 2.29 bits per heavy atom. The fourth-order valence-electron chi connectivity index (χ4n) is 2.35. The fourth-order valence-corrected chi connectivity index (χ4v) is 3.02. The molecule has 1 aliphatic rings. The van der Waals surface area contributed by atoms with Crippen LogP contribution in [0, 0.1) is 0 Å². The molecule has 0 unspecified atom stereocenters. The minimum absolute atomic E-state index is 0.236. The monoisotopic (exact) mass is 253 g/mol. The van der Waals surface area contributed by atoms with Gasteiger partial charge in [0, 0.05) is 10.5 Å². The molecule has 0 saturated carbocycles. The lowest BCUT2D eigenvalue weighted by Gasteiger charge is -2.25. The van der Waals surface area contributed by atoms with Crippen LogP contribution < -0.4 is 5.73 Å². The predicted molar refractivity (Wildman–Crippen MR) is 63.4 cm³/mol. The zero-order valence-corrected chi connectivity index (χ0v) is 10.1. The maximum absolute atomic E-state index is 6.14. The van der Waals surface area contributed by atoms with Crippen LogP contribution >= 0.6 is 15.9 Å². The molecule has 1 aromatic rings. The third kappa shape index (κ3) is 1.61. The molecule has 14 heavy (non-hydrogen) atoms. The zero-order chi connectivity index (χ0) is 10.1. The van der Waals surface area contributed by atoms with Crippen molar-refractivity contribution in [1.82, 2.24) is 0 Å². The predicted octanol–water partition coefficient (Wildman–Crippen LogP) is 3.35. The van der Waals surface area contributed by atoms with Gasteiger partial charge in [-0.15, -0.1) is 0 Å². The van der Waals surface area contributed by atoms with Crippen molar-refractivity contribution >= 4 is 15.9 Å². The van der Waals surface area contributed by atoms with Crippen LogP contribution in [-0.4, -0.2) is 0 Å². The largest absolute Gasteiger partial charge is 0.324 e. The molecule has 76 valence electrons. The van der Waals surface area contributed by atoms with Crippen molar-refractivity contribution in [3.05, 3.63) is 33.3 Å². The molecular weight excluding hydrogens is 238 g/mol. The highest BCUT2D eigenvalue weighted by Gasteiger charge is 2.21. The van der Waals surface area contributed by atoms with Crippen molar-refractivity contribution in [3.8, 4) is 0 Å². The van der Waals surface area contributed by atoms with E-state index in [1.54, 1.807) is 0 Å². The molecule has 0 bridgehead atoms. The summed E-state index contributed by atoms with van der Waals surface area (Å²) in [6, 6.07) is 4.60. The van der Waals surface area contributed by atoms with E-state index in [1.807, 2.05) is 0 Å². The lowest BCUT2D eigenvalue weighted by atomic mass is 9.85. The standard InChI is InChI=1S/C12H16BrN/c1-2-8-6-7-10(13)12-9(8)4-3-5-11(12)14/h6-7,11H,2-5,14H2,1H3/t11-/m1/s1. The molecule has 2 rings (SSSR count). The van der Waals surface area contributed by atoms with Gasteiger partial charge in [0.15, 0.2) is 0 Å². The smallest absolute Gasteiger partial charge is 0.0309 e. The summed E-state index contributed by atoms with van der Waals surface area (Å²) in [6.45, 7) is 2.21. The molecule has 0 heterocycles. The number of hydrogen-bond acceptors (Lipinski definition) is 1. The van der Waals surface area contributed by atoms with Gasteiger partial charge in [0.25, 0.3) is 0 Å². The number of halogens is 1. The molecule has 2 heteroatoms. The molecule has 0 fully saturated rings. The van der Waals surface area contributed by atoms with Crippen molar-refractivity contribution in [2.45, 2.75) is 38.6 Å². The molecule has 1 aliphatic carbocycles. The first kappa shape index (κ1) is 10.2. The number of fused-ring (bicyclic) bond motifs is 1. The summed E-state index contributed by atoms with van der Waals surface area (Å²) in [5.74, 6) is 0. The van der Waals surface area contributed by atoms with E-state index in [0.717, 1.165) is 12.8 Å². The normalized spacial score (nSPS) is 20.6. The van der Waals surface area contributed by atoms with Gasteiger partial charge in [-0.1, -0.05) is 28.9 Å². The summed E-state index contributed by atoms with van der Waals surface area (Å²) >= 11 is 3.61. The Bertz CT molecular complexity index is 346. The molecule has 1 nitrogen and oxygen atoms in total. The SMILES string of the molecule is CCc1ccc(Br)c2c1CCC[C@H]2N.